The van der Waals surface area contributed by atoms with Crippen LogP contribution < -0.4 is 5.32 Å². The number of carbonyl (C=O) groups is 1. The van der Waals surface area contributed by atoms with E-state index in [0.717, 1.165) is 6.42 Å². The van der Waals surface area contributed by atoms with Crippen LogP contribution in [0.1, 0.15) is 36.9 Å². The zero-order chi connectivity index (χ0) is 19.0. The molecular weight excluding hydrogens is 349 g/mol. The van der Waals surface area contributed by atoms with Gasteiger partial charge in [0.2, 0.25) is 0 Å². The minimum absolute atomic E-state index is 0.151. The number of aromatic nitrogens is 4. The molecule has 4 atom stereocenters. The second-order valence-electron chi connectivity index (χ2n) is 6.64. The SMILES string of the molecule is CC[C@H]1O[C@@H](n2cnc3c(NC(=O)c4ccccc4)ncnc32)[C@@H](F)[C@@H]1C. The van der Waals surface area contributed by atoms with Crippen molar-refractivity contribution in [2.75, 3.05) is 5.32 Å². The standard InChI is InChI=1S/C19H20FN5O2/c1-3-13-11(2)14(20)19(27-13)25-10-23-15-16(21-9-22-17(15)25)24-18(26)12-7-5-4-6-8-12/h4-11,13-14,19H,3H2,1-2H3,(H,21,22,24,26)/t11-,13-,14+,19-/m1/s1. The van der Waals surface area contributed by atoms with E-state index >= 15 is 0 Å². The molecule has 4 rings (SSSR count). The molecule has 0 saturated carbocycles. The predicted molar refractivity (Wildman–Crippen MR) is 98.0 cm³/mol. The van der Waals surface area contributed by atoms with Crippen LogP contribution in [-0.2, 0) is 4.74 Å². The quantitative estimate of drug-likeness (QED) is 0.763. The molecule has 27 heavy (non-hydrogen) atoms. The summed E-state index contributed by atoms with van der Waals surface area (Å²) in [4.78, 5) is 25.1. The van der Waals surface area contributed by atoms with Crippen LogP contribution in [0.3, 0.4) is 0 Å². The van der Waals surface area contributed by atoms with Gasteiger partial charge < -0.3 is 10.1 Å². The van der Waals surface area contributed by atoms with Gasteiger partial charge in [-0.3, -0.25) is 9.36 Å². The van der Waals surface area contributed by atoms with Gasteiger partial charge >= 0.3 is 0 Å². The van der Waals surface area contributed by atoms with Gasteiger partial charge in [0.1, 0.15) is 6.33 Å². The van der Waals surface area contributed by atoms with Crippen molar-refractivity contribution in [3.8, 4) is 0 Å². The van der Waals surface area contributed by atoms with Crippen molar-refractivity contribution in [3.05, 3.63) is 48.5 Å². The highest BCUT2D eigenvalue weighted by Crippen LogP contribution is 2.38. The number of amides is 1. The number of nitrogens with one attached hydrogen (secondary N) is 1. The summed E-state index contributed by atoms with van der Waals surface area (Å²) in [7, 11) is 0. The van der Waals surface area contributed by atoms with Gasteiger partial charge in [-0.15, -0.1) is 0 Å². The first-order chi connectivity index (χ1) is 13.1. The van der Waals surface area contributed by atoms with Crippen LogP contribution in [-0.4, -0.2) is 37.7 Å². The number of benzene rings is 1. The van der Waals surface area contributed by atoms with Crippen LogP contribution >= 0.6 is 0 Å². The highest BCUT2D eigenvalue weighted by atomic mass is 19.1. The van der Waals surface area contributed by atoms with Crippen molar-refractivity contribution in [1.29, 1.82) is 0 Å². The Labute approximate surface area is 155 Å². The van der Waals surface area contributed by atoms with E-state index in [4.69, 9.17) is 4.74 Å². The molecule has 0 spiro atoms. The Balaban J connectivity index is 1.65. The monoisotopic (exact) mass is 369 g/mol. The normalized spacial score (nSPS) is 25.0. The van der Waals surface area contributed by atoms with E-state index in [-0.39, 0.29) is 23.7 Å². The van der Waals surface area contributed by atoms with Crippen LogP contribution in [0.25, 0.3) is 11.2 Å². The molecule has 8 heteroatoms. The number of hydrogen-bond donors (Lipinski definition) is 1. The summed E-state index contributed by atoms with van der Waals surface area (Å²) in [6.07, 6.45) is 1.44. The Kier molecular flexibility index (Phi) is 4.57. The number of fused-ring (bicyclic) bond motifs is 1. The van der Waals surface area contributed by atoms with Crippen LogP contribution in [0.2, 0.25) is 0 Å². The fourth-order valence-electron chi connectivity index (χ4n) is 3.43. The van der Waals surface area contributed by atoms with Gasteiger partial charge in [-0.2, -0.15) is 0 Å². The van der Waals surface area contributed by atoms with Crippen LogP contribution in [0.15, 0.2) is 43.0 Å². The molecule has 7 nitrogen and oxygen atoms in total. The maximum atomic E-state index is 14.8. The number of carbonyl (C=O) groups excluding carboxylic acids is 1. The molecule has 2 aromatic heterocycles. The predicted octanol–water partition coefficient (Wildman–Crippen LogP) is 3.36. The lowest BCUT2D eigenvalue weighted by atomic mass is 10.00. The zero-order valence-electron chi connectivity index (χ0n) is 15.0. The molecule has 3 aromatic rings. The number of ether oxygens (including phenoxy) is 1. The highest BCUT2D eigenvalue weighted by Gasteiger charge is 2.43. The topological polar surface area (TPSA) is 81.9 Å². The summed E-state index contributed by atoms with van der Waals surface area (Å²) in [5.74, 6) is -0.233. The molecule has 1 saturated heterocycles. The van der Waals surface area contributed by atoms with Gasteiger partial charge in [0.15, 0.2) is 29.4 Å². The van der Waals surface area contributed by atoms with E-state index in [9.17, 15) is 9.18 Å². The molecule has 0 unspecified atom stereocenters. The summed E-state index contributed by atoms with van der Waals surface area (Å²) in [5, 5.41) is 2.74. The maximum absolute atomic E-state index is 14.8. The van der Waals surface area contributed by atoms with E-state index < -0.39 is 12.4 Å². The lowest BCUT2D eigenvalue weighted by Gasteiger charge is -2.15. The van der Waals surface area contributed by atoms with E-state index in [2.05, 4.69) is 20.3 Å². The van der Waals surface area contributed by atoms with Gasteiger partial charge in [0.25, 0.3) is 5.91 Å². The van der Waals surface area contributed by atoms with Gasteiger partial charge in [-0.25, -0.2) is 19.3 Å². The third-order valence-electron chi connectivity index (χ3n) is 4.98. The van der Waals surface area contributed by atoms with Gasteiger partial charge in [0.05, 0.1) is 12.4 Å². The summed E-state index contributed by atoms with van der Waals surface area (Å²) < 4.78 is 22.2. The van der Waals surface area contributed by atoms with Crippen LogP contribution in [0.5, 0.6) is 0 Å². The van der Waals surface area contributed by atoms with Crippen LogP contribution in [0, 0.1) is 5.92 Å². The van der Waals surface area contributed by atoms with Gasteiger partial charge in [-0.05, 0) is 18.6 Å². The Bertz CT molecular complexity index is 961. The summed E-state index contributed by atoms with van der Waals surface area (Å²) in [5.41, 5.74) is 1.32. The van der Waals surface area contributed by atoms with E-state index in [0.29, 0.717) is 16.7 Å². The van der Waals surface area contributed by atoms with Crippen LogP contribution in [0.4, 0.5) is 10.2 Å². The number of imidazole rings is 1. The molecule has 1 aromatic carbocycles. The molecule has 0 bridgehead atoms. The summed E-state index contributed by atoms with van der Waals surface area (Å²) in [6.45, 7) is 3.82. The number of halogens is 1. The summed E-state index contributed by atoms with van der Waals surface area (Å²) in [6, 6.07) is 8.81. The fourth-order valence-corrected chi connectivity index (χ4v) is 3.43. The minimum Gasteiger partial charge on any atom is -0.351 e. The lowest BCUT2D eigenvalue weighted by molar-refractivity contribution is -0.0186. The smallest absolute Gasteiger partial charge is 0.256 e. The van der Waals surface area contributed by atoms with Crippen molar-refractivity contribution in [2.45, 2.75) is 38.8 Å². The average Bonchev–Trinajstić information content (AvgIpc) is 3.25. The first kappa shape index (κ1) is 17.5. The van der Waals surface area contributed by atoms with E-state index in [1.807, 2.05) is 19.9 Å². The highest BCUT2D eigenvalue weighted by molar-refractivity contribution is 6.06. The lowest BCUT2D eigenvalue weighted by Crippen LogP contribution is -2.20. The molecule has 1 amide bonds. The fraction of sp³-hybridized carbons (Fsp3) is 0.368. The van der Waals surface area contributed by atoms with Crippen molar-refractivity contribution in [3.63, 3.8) is 0 Å². The molecule has 1 fully saturated rings. The number of alkyl halides is 1. The number of rotatable bonds is 4. The molecule has 3 heterocycles. The van der Waals surface area contributed by atoms with E-state index in [1.165, 1.54) is 12.7 Å². The molecule has 0 radical (unpaired) electrons. The van der Waals surface area contributed by atoms with Gasteiger partial charge in [-0.1, -0.05) is 32.0 Å². The largest absolute Gasteiger partial charge is 0.351 e. The first-order valence-electron chi connectivity index (χ1n) is 8.93. The molecule has 1 aliphatic rings. The average molecular weight is 369 g/mol. The Morgan fingerprint density at radius 2 is 2.04 bits per heavy atom. The van der Waals surface area contributed by atoms with Gasteiger partial charge in [0, 0.05) is 11.5 Å². The Morgan fingerprint density at radius 3 is 2.74 bits per heavy atom. The second-order valence-corrected chi connectivity index (χ2v) is 6.64. The van der Waals surface area contributed by atoms with Crippen molar-refractivity contribution >= 4 is 22.9 Å². The summed E-state index contributed by atoms with van der Waals surface area (Å²) >= 11 is 0. The third kappa shape index (κ3) is 3.06. The molecule has 0 aliphatic carbocycles. The minimum atomic E-state index is -1.16. The van der Waals surface area contributed by atoms with E-state index in [1.54, 1.807) is 28.8 Å². The molecular formula is C19H20FN5O2. The molecule has 1 aliphatic heterocycles. The number of nitrogens with zero attached hydrogens (tertiary/aromatic N) is 4. The maximum Gasteiger partial charge on any atom is 0.256 e. The Morgan fingerprint density at radius 1 is 1.26 bits per heavy atom. The zero-order valence-corrected chi connectivity index (χ0v) is 15.0. The Hall–Kier alpha value is -2.87. The second kappa shape index (κ2) is 7.03. The third-order valence-corrected chi connectivity index (χ3v) is 4.98. The molecule has 140 valence electrons. The first-order valence-corrected chi connectivity index (χ1v) is 8.93. The van der Waals surface area contributed by atoms with Crippen molar-refractivity contribution < 1.29 is 13.9 Å². The number of hydrogen-bond acceptors (Lipinski definition) is 5. The van der Waals surface area contributed by atoms with Crippen molar-refractivity contribution in [2.24, 2.45) is 5.92 Å². The van der Waals surface area contributed by atoms with Crippen molar-refractivity contribution in [1.82, 2.24) is 19.5 Å². The molecule has 1 N–H and O–H groups in total. The number of anilines is 1.